The molecule has 0 bridgehead atoms. The second kappa shape index (κ2) is 5.42. The number of phenols is 1. The minimum atomic E-state index is -3.72. The van der Waals surface area contributed by atoms with E-state index in [1.807, 2.05) is 6.92 Å². The van der Waals surface area contributed by atoms with Gasteiger partial charge in [-0.2, -0.15) is 0 Å². The lowest BCUT2D eigenvalue weighted by atomic mass is 10.2. The van der Waals surface area contributed by atoms with Crippen LogP contribution in [0.4, 0.5) is 5.69 Å². The number of phenolic OH excluding ortho intramolecular Hbond substituents is 1. The molecule has 0 unspecified atom stereocenters. The number of aryl methyl sites for hydroxylation is 1. The molecule has 0 aliphatic heterocycles. The van der Waals surface area contributed by atoms with Gasteiger partial charge < -0.3 is 9.84 Å². The van der Waals surface area contributed by atoms with E-state index in [9.17, 15) is 13.5 Å². The van der Waals surface area contributed by atoms with Crippen LogP contribution in [0.2, 0.25) is 0 Å². The summed E-state index contributed by atoms with van der Waals surface area (Å²) in [6, 6.07) is 10.8. The number of hydrogen-bond donors (Lipinski definition) is 2. The maximum absolute atomic E-state index is 12.2. The Bertz CT molecular complexity index is 708. The van der Waals surface area contributed by atoms with Gasteiger partial charge in [0.2, 0.25) is 0 Å². The van der Waals surface area contributed by atoms with Crippen molar-refractivity contribution in [2.45, 2.75) is 11.8 Å². The van der Waals surface area contributed by atoms with Crippen LogP contribution in [0.5, 0.6) is 11.5 Å². The molecule has 0 spiro atoms. The average molecular weight is 293 g/mol. The molecule has 0 aliphatic carbocycles. The number of aromatic hydroxyl groups is 1. The van der Waals surface area contributed by atoms with Crippen molar-refractivity contribution < 1.29 is 18.3 Å². The zero-order chi connectivity index (χ0) is 14.8. The molecule has 2 aromatic carbocycles. The van der Waals surface area contributed by atoms with Crippen molar-refractivity contribution in [3.63, 3.8) is 0 Å². The molecule has 2 aromatic rings. The number of anilines is 1. The van der Waals surface area contributed by atoms with Crippen molar-refractivity contribution >= 4 is 15.7 Å². The first-order valence-electron chi connectivity index (χ1n) is 5.89. The maximum atomic E-state index is 12.2. The Labute approximate surface area is 117 Å². The summed E-state index contributed by atoms with van der Waals surface area (Å²) in [6.45, 7) is 1.87. The molecular formula is C14H15NO4S. The normalized spacial score (nSPS) is 11.1. The lowest BCUT2D eigenvalue weighted by Crippen LogP contribution is -2.13. The molecule has 0 saturated heterocycles. The summed E-state index contributed by atoms with van der Waals surface area (Å²) in [7, 11) is -2.26. The second-order valence-corrected chi connectivity index (χ2v) is 5.98. The summed E-state index contributed by atoms with van der Waals surface area (Å²) in [6.07, 6.45) is 0. The largest absolute Gasteiger partial charge is 0.506 e. The summed E-state index contributed by atoms with van der Waals surface area (Å²) < 4.78 is 31.6. The van der Waals surface area contributed by atoms with E-state index in [1.54, 1.807) is 18.2 Å². The quantitative estimate of drug-likeness (QED) is 0.849. The van der Waals surface area contributed by atoms with Crippen LogP contribution in [0.15, 0.2) is 47.4 Å². The topological polar surface area (TPSA) is 75.6 Å². The first kappa shape index (κ1) is 14.2. The van der Waals surface area contributed by atoms with Crippen LogP contribution in [-0.2, 0) is 10.0 Å². The fourth-order valence-electron chi connectivity index (χ4n) is 1.65. The van der Waals surface area contributed by atoms with Crippen molar-refractivity contribution in [3.05, 3.63) is 48.0 Å². The third-order valence-electron chi connectivity index (χ3n) is 2.78. The van der Waals surface area contributed by atoms with Gasteiger partial charge in [-0.15, -0.1) is 0 Å². The number of benzene rings is 2. The summed E-state index contributed by atoms with van der Waals surface area (Å²) in [4.78, 5) is 0.137. The number of nitrogens with one attached hydrogen (secondary N) is 1. The molecule has 0 saturated carbocycles. The van der Waals surface area contributed by atoms with Gasteiger partial charge in [0, 0.05) is 6.07 Å². The Kier molecular flexibility index (Phi) is 3.85. The van der Waals surface area contributed by atoms with Crippen molar-refractivity contribution in [1.82, 2.24) is 0 Å². The molecular weight excluding hydrogens is 278 g/mol. The number of hydrogen-bond acceptors (Lipinski definition) is 4. The molecule has 6 heteroatoms. The van der Waals surface area contributed by atoms with Gasteiger partial charge in [-0.05, 0) is 31.2 Å². The molecule has 5 nitrogen and oxygen atoms in total. The fraction of sp³-hybridized carbons (Fsp3) is 0.143. The van der Waals surface area contributed by atoms with Gasteiger partial charge in [0.25, 0.3) is 10.0 Å². The number of ether oxygens (including phenoxy) is 1. The number of rotatable bonds is 4. The Morgan fingerprint density at radius 2 is 1.75 bits per heavy atom. The van der Waals surface area contributed by atoms with Crippen molar-refractivity contribution in [1.29, 1.82) is 0 Å². The predicted octanol–water partition coefficient (Wildman–Crippen LogP) is 2.51. The third-order valence-corrected chi connectivity index (χ3v) is 4.16. The molecule has 0 fully saturated rings. The van der Waals surface area contributed by atoms with Crippen molar-refractivity contribution in [3.8, 4) is 11.5 Å². The van der Waals surface area contributed by atoms with Gasteiger partial charge in [0.15, 0.2) is 0 Å². The average Bonchev–Trinajstić information content (AvgIpc) is 2.41. The van der Waals surface area contributed by atoms with Crippen LogP contribution in [0.25, 0.3) is 0 Å². The van der Waals surface area contributed by atoms with Gasteiger partial charge in [0.05, 0.1) is 17.7 Å². The van der Waals surface area contributed by atoms with Gasteiger partial charge in [-0.1, -0.05) is 17.7 Å². The van der Waals surface area contributed by atoms with E-state index in [1.165, 1.54) is 31.4 Å². The molecule has 0 radical (unpaired) electrons. The first-order chi connectivity index (χ1) is 9.42. The van der Waals surface area contributed by atoms with Gasteiger partial charge in [0.1, 0.15) is 11.5 Å². The predicted molar refractivity (Wildman–Crippen MR) is 76.6 cm³/mol. The molecule has 106 valence electrons. The first-order valence-corrected chi connectivity index (χ1v) is 7.37. The van der Waals surface area contributed by atoms with Crippen LogP contribution in [0.1, 0.15) is 5.56 Å². The van der Waals surface area contributed by atoms with Gasteiger partial charge in [-0.3, -0.25) is 4.72 Å². The molecule has 20 heavy (non-hydrogen) atoms. The molecule has 0 atom stereocenters. The van der Waals surface area contributed by atoms with Gasteiger partial charge >= 0.3 is 0 Å². The van der Waals surface area contributed by atoms with Crippen molar-refractivity contribution in [2.24, 2.45) is 0 Å². The van der Waals surface area contributed by atoms with Crippen molar-refractivity contribution in [2.75, 3.05) is 11.8 Å². The van der Waals surface area contributed by atoms with E-state index in [4.69, 9.17) is 4.74 Å². The lowest BCUT2D eigenvalue weighted by molar-refractivity contribution is 0.408. The molecule has 0 heterocycles. The highest BCUT2D eigenvalue weighted by atomic mass is 32.2. The Morgan fingerprint density at radius 3 is 2.30 bits per heavy atom. The highest BCUT2D eigenvalue weighted by Gasteiger charge is 2.16. The van der Waals surface area contributed by atoms with Crippen LogP contribution in [0, 0.1) is 6.92 Å². The highest BCUT2D eigenvalue weighted by Crippen LogP contribution is 2.29. The molecule has 0 aromatic heterocycles. The minimum absolute atomic E-state index is 0.103. The SMILES string of the molecule is COc1ccc(NS(=O)(=O)c2ccc(C)cc2)c(O)c1. The minimum Gasteiger partial charge on any atom is -0.506 e. The van der Waals surface area contributed by atoms with E-state index >= 15 is 0 Å². The zero-order valence-corrected chi connectivity index (χ0v) is 11.9. The van der Waals surface area contributed by atoms with E-state index in [0.717, 1.165) is 5.56 Å². The monoisotopic (exact) mass is 293 g/mol. The number of sulfonamides is 1. The van der Waals surface area contributed by atoms with E-state index in [0.29, 0.717) is 5.75 Å². The fourth-order valence-corrected chi connectivity index (χ4v) is 2.72. The van der Waals surface area contributed by atoms with E-state index < -0.39 is 10.0 Å². The molecule has 0 amide bonds. The van der Waals surface area contributed by atoms with Crippen LogP contribution in [-0.4, -0.2) is 20.6 Å². The van der Waals surface area contributed by atoms with Crippen LogP contribution in [0.3, 0.4) is 0 Å². The zero-order valence-electron chi connectivity index (χ0n) is 11.1. The summed E-state index contributed by atoms with van der Waals surface area (Å²) >= 11 is 0. The van der Waals surface area contributed by atoms with E-state index in [-0.39, 0.29) is 16.3 Å². The molecule has 2 rings (SSSR count). The van der Waals surface area contributed by atoms with Gasteiger partial charge in [-0.25, -0.2) is 8.42 Å². The maximum Gasteiger partial charge on any atom is 0.262 e. The summed E-state index contributed by atoms with van der Waals surface area (Å²) in [5.74, 6) is 0.251. The standard InChI is InChI=1S/C14H15NO4S/c1-10-3-6-12(7-4-10)20(17,18)15-13-8-5-11(19-2)9-14(13)16/h3-9,15-16H,1-2H3. The Hall–Kier alpha value is -2.21. The summed E-state index contributed by atoms with van der Waals surface area (Å²) in [5, 5.41) is 9.77. The summed E-state index contributed by atoms with van der Waals surface area (Å²) in [5.41, 5.74) is 1.07. The third kappa shape index (κ3) is 3.03. The molecule has 2 N–H and O–H groups in total. The second-order valence-electron chi connectivity index (χ2n) is 4.30. The number of methoxy groups -OCH3 is 1. The Morgan fingerprint density at radius 1 is 1.10 bits per heavy atom. The Balaban J connectivity index is 2.31. The smallest absolute Gasteiger partial charge is 0.262 e. The van der Waals surface area contributed by atoms with Crippen LogP contribution < -0.4 is 9.46 Å². The van der Waals surface area contributed by atoms with E-state index in [2.05, 4.69) is 4.72 Å². The van der Waals surface area contributed by atoms with Crippen LogP contribution >= 0.6 is 0 Å². The lowest BCUT2D eigenvalue weighted by Gasteiger charge is -2.10. The highest BCUT2D eigenvalue weighted by molar-refractivity contribution is 7.92. The molecule has 0 aliphatic rings.